The van der Waals surface area contributed by atoms with E-state index in [1.165, 1.54) is 7.11 Å². The van der Waals surface area contributed by atoms with Gasteiger partial charge < -0.3 is 4.74 Å². The number of carbonyl (C=O) groups is 1. The van der Waals surface area contributed by atoms with Gasteiger partial charge in [-0.25, -0.2) is 0 Å². The van der Waals surface area contributed by atoms with Gasteiger partial charge in [-0.05, 0) is 24.2 Å². The van der Waals surface area contributed by atoms with Crippen LogP contribution in [0.4, 0.5) is 0 Å². The van der Waals surface area contributed by atoms with Crippen molar-refractivity contribution in [1.82, 2.24) is 0 Å². The van der Waals surface area contributed by atoms with Crippen molar-refractivity contribution in [3.05, 3.63) is 12.2 Å². The molecule has 0 unspecified atom stereocenters. The maximum Gasteiger partial charge on any atom is 0.316 e. The molecule has 0 heterocycles. The highest BCUT2D eigenvalue weighted by Gasteiger charge is 2.79. The number of ether oxygens (including phenoxy) is 1. The molecule has 2 heteroatoms. The third kappa shape index (κ3) is 0.687. The molecule has 0 saturated heterocycles. The normalized spacial score (nSPS) is 39.9. The molecule has 2 aliphatic rings. The third-order valence-electron chi connectivity index (χ3n) is 4.13. The Labute approximate surface area is 79.0 Å². The largest absolute Gasteiger partial charge is 0.468 e. The van der Waals surface area contributed by atoms with Gasteiger partial charge in [0.15, 0.2) is 0 Å². The van der Waals surface area contributed by atoms with Crippen LogP contribution in [-0.4, -0.2) is 13.1 Å². The zero-order valence-corrected chi connectivity index (χ0v) is 8.52. The predicted molar refractivity (Wildman–Crippen MR) is 50.1 cm³/mol. The highest BCUT2D eigenvalue weighted by atomic mass is 16.5. The highest BCUT2D eigenvalue weighted by Crippen LogP contribution is 2.78. The first-order valence-electron chi connectivity index (χ1n) is 4.76. The molecule has 2 aliphatic carbocycles. The van der Waals surface area contributed by atoms with Crippen LogP contribution in [-0.2, 0) is 9.53 Å². The third-order valence-corrected chi connectivity index (χ3v) is 4.13. The summed E-state index contributed by atoms with van der Waals surface area (Å²) >= 11 is 0. The molecular weight excluding hydrogens is 164 g/mol. The number of carbonyl (C=O) groups excluding carboxylic acids is 1. The second-order valence-corrected chi connectivity index (χ2v) is 4.72. The molecule has 2 nitrogen and oxygen atoms in total. The van der Waals surface area contributed by atoms with Gasteiger partial charge in [-0.15, -0.1) is 0 Å². The maximum atomic E-state index is 11.7. The lowest BCUT2D eigenvalue weighted by Gasteiger charge is -2.18. The van der Waals surface area contributed by atoms with Crippen LogP contribution in [0.1, 0.15) is 26.7 Å². The molecule has 0 aromatic rings. The summed E-state index contributed by atoms with van der Waals surface area (Å²) in [5.41, 5.74) is 0.825. The molecule has 0 amide bonds. The molecule has 2 atom stereocenters. The number of rotatable bonds is 1. The average Bonchev–Trinajstić information content (AvgIpc) is 2.41. The van der Waals surface area contributed by atoms with Crippen molar-refractivity contribution in [2.45, 2.75) is 26.7 Å². The Morgan fingerprint density at radius 1 is 1.62 bits per heavy atom. The Bertz CT molecular complexity index is 290. The van der Waals surface area contributed by atoms with E-state index in [2.05, 4.69) is 20.4 Å². The van der Waals surface area contributed by atoms with Crippen molar-refractivity contribution >= 4 is 5.97 Å². The molecule has 0 radical (unpaired) electrons. The maximum absolute atomic E-state index is 11.7. The van der Waals surface area contributed by atoms with Crippen molar-refractivity contribution in [3.8, 4) is 0 Å². The molecule has 0 aromatic carbocycles. The minimum atomic E-state index is -0.332. The summed E-state index contributed by atoms with van der Waals surface area (Å²) in [6, 6.07) is 0. The van der Waals surface area contributed by atoms with Crippen LogP contribution in [0.5, 0.6) is 0 Å². The van der Waals surface area contributed by atoms with E-state index >= 15 is 0 Å². The molecular formula is C11H16O2. The number of hydrogen-bond donors (Lipinski definition) is 0. The highest BCUT2D eigenvalue weighted by molar-refractivity contribution is 5.87. The van der Waals surface area contributed by atoms with E-state index in [0.29, 0.717) is 5.92 Å². The first-order chi connectivity index (χ1) is 5.99. The predicted octanol–water partition coefficient (Wildman–Crippen LogP) is 2.15. The monoisotopic (exact) mass is 180 g/mol. The van der Waals surface area contributed by atoms with Crippen LogP contribution >= 0.6 is 0 Å². The molecule has 2 fully saturated rings. The quantitative estimate of drug-likeness (QED) is 0.456. The average molecular weight is 180 g/mol. The first-order valence-corrected chi connectivity index (χ1v) is 4.76. The Balaban J connectivity index is 2.40. The van der Waals surface area contributed by atoms with Crippen LogP contribution < -0.4 is 0 Å². The summed E-state index contributed by atoms with van der Waals surface area (Å²) in [6.45, 7) is 8.29. The molecule has 0 N–H and O–H groups in total. The Hall–Kier alpha value is -0.790. The van der Waals surface area contributed by atoms with Crippen molar-refractivity contribution in [1.29, 1.82) is 0 Å². The summed E-state index contributed by atoms with van der Waals surface area (Å²) in [6.07, 6.45) is 2.09. The summed E-state index contributed by atoms with van der Waals surface area (Å²) in [5, 5.41) is 0. The lowest BCUT2D eigenvalue weighted by Crippen LogP contribution is -2.23. The molecule has 0 bridgehead atoms. The first kappa shape index (κ1) is 8.79. The van der Waals surface area contributed by atoms with Gasteiger partial charge in [-0.1, -0.05) is 26.0 Å². The van der Waals surface area contributed by atoms with Gasteiger partial charge in [0, 0.05) is 0 Å². The number of hydrogen-bond acceptors (Lipinski definition) is 2. The van der Waals surface area contributed by atoms with E-state index in [0.717, 1.165) is 18.4 Å². The van der Waals surface area contributed by atoms with Gasteiger partial charge in [0.25, 0.3) is 0 Å². The van der Waals surface area contributed by atoms with Gasteiger partial charge in [-0.3, -0.25) is 4.79 Å². The lowest BCUT2D eigenvalue weighted by molar-refractivity contribution is -0.146. The second-order valence-electron chi connectivity index (χ2n) is 4.72. The Kier molecular flexibility index (Phi) is 1.47. The van der Waals surface area contributed by atoms with E-state index in [4.69, 9.17) is 4.74 Å². The van der Waals surface area contributed by atoms with Gasteiger partial charge in [0.1, 0.15) is 0 Å². The molecule has 0 aromatic heterocycles. The zero-order chi connectivity index (χ0) is 9.85. The fraction of sp³-hybridized carbons (Fsp3) is 0.727. The van der Waals surface area contributed by atoms with E-state index in [-0.39, 0.29) is 16.8 Å². The molecule has 13 heavy (non-hydrogen) atoms. The minimum absolute atomic E-state index is 0.0787. The standard InChI is InChI=1S/C11H16O2/c1-7-5-6-8-10(2,3)11(7,8)9(12)13-4/h8H,1,5-6H2,2-4H3/t8-,11-/m0/s1. The molecule has 0 aliphatic heterocycles. The summed E-state index contributed by atoms with van der Waals surface area (Å²) < 4.78 is 4.89. The van der Waals surface area contributed by atoms with E-state index in [1.807, 2.05) is 0 Å². The van der Waals surface area contributed by atoms with E-state index in [1.54, 1.807) is 0 Å². The number of methoxy groups -OCH3 is 1. The Morgan fingerprint density at radius 3 is 2.62 bits per heavy atom. The van der Waals surface area contributed by atoms with Crippen LogP contribution in [0.2, 0.25) is 0 Å². The van der Waals surface area contributed by atoms with Crippen molar-refractivity contribution in [2.75, 3.05) is 7.11 Å². The van der Waals surface area contributed by atoms with Gasteiger partial charge >= 0.3 is 5.97 Å². The van der Waals surface area contributed by atoms with Crippen molar-refractivity contribution in [3.63, 3.8) is 0 Å². The molecule has 72 valence electrons. The zero-order valence-electron chi connectivity index (χ0n) is 8.52. The fourth-order valence-electron chi connectivity index (χ4n) is 3.38. The van der Waals surface area contributed by atoms with Crippen LogP contribution in [0.25, 0.3) is 0 Å². The van der Waals surface area contributed by atoms with Crippen molar-refractivity contribution in [2.24, 2.45) is 16.7 Å². The van der Waals surface area contributed by atoms with E-state index < -0.39 is 0 Å². The number of esters is 1. The van der Waals surface area contributed by atoms with Crippen LogP contribution in [0.3, 0.4) is 0 Å². The molecule has 2 saturated carbocycles. The lowest BCUT2D eigenvalue weighted by atomic mass is 9.88. The van der Waals surface area contributed by atoms with Gasteiger partial charge in [-0.2, -0.15) is 0 Å². The molecule has 0 spiro atoms. The smallest absolute Gasteiger partial charge is 0.316 e. The summed E-state index contributed by atoms with van der Waals surface area (Å²) in [7, 11) is 1.47. The number of fused-ring (bicyclic) bond motifs is 1. The van der Waals surface area contributed by atoms with E-state index in [9.17, 15) is 4.79 Å². The second kappa shape index (κ2) is 2.17. The van der Waals surface area contributed by atoms with Gasteiger partial charge in [0.05, 0.1) is 12.5 Å². The molecule has 2 rings (SSSR count). The van der Waals surface area contributed by atoms with Gasteiger partial charge in [0.2, 0.25) is 0 Å². The summed E-state index contributed by atoms with van der Waals surface area (Å²) in [4.78, 5) is 11.7. The Morgan fingerprint density at radius 2 is 2.23 bits per heavy atom. The topological polar surface area (TPSA) is 26.3 Å². The SMILES string of the molecule is C=C1CC[C@H]2C(C)(C)[C@@]12C(=O)OC. The minimum Gasteiger partial charge on any atom is -0.468 e. The van der Waals surface area contributed by atoms with Crippen LogP contribution in [0.15, 0.2) is 12.2 Å². The van der Waals surface area contributed by atoms with Crippen molar-refractivity contribution < 1.29 is 9.53 Å². The van der Waals surface area contributed by atoms with Crippen LogP contribution in [0, 0.1) is 16.7 Å². The summed E-state index contributed by atoms with van der Waals surface area (Å²) in [5.74, 6) is 0.393. The fourth-order valence-corrected chi connectivity index (χ4v) is 3.38.